The fourth-order valence-corrected chi connectivity index (χ4v) is 10.2. The summed E-state index contributed by atoms with van der Waals surface area (Å²) < 4.78 is 0. The molecule has 4 saturated carbocycles. The number of ketones is 1. The lowest BCUT2D eigenvalue weighted by Crippen LogP contribution is -2.62. The third-order valence-corrected chi connectivity index (χ3v) is 12.6. The van der Waals surface area contributed by atoms with Crippen molar-refractivity contribution in [2.24, 2.45) is 51.2 Å². The molecule has 4 aliphatic rings. The van der Waals surface area contributed by atoms with Crippen LogP contribution in [0.25, 0.3) is 0 Å². The molecule has 0 unspecified atom stereocenters. The molecule has 0 aromatic rings. The zero-order valence-corrected chi connectivity index (χ0v) is 22.1. The van der Waals surface area contributed by atoms with Gasteiger partial charge in [0.15, 0.2) is 0 Å². The molecule has 4 aliphatic carbocycles. The zero-order chi connectivity index (χ0) is 23.5. The molecule has 4 fully saturated rings. The largest absolute Gasteiger partial charge is 0.392 e. The van der Waals surface area contributed by atoms with Gasteiger partial charge in [0.25, 0.3) is 0 Å². The van der Waals surface area contributed by atoms with Crippen LogP contribution in [0.3, 0.4) is 0 Å². The fourth-order valence-electron chi connectivity index (χ4n) is 10.2. The number of hydrogen-bond acceptors (Lipinski definition) is 2. The highest BCUT2D eigenvalue weighted by Crippen LogP contribution is 2.76. The fraction of sp³-hybridized carbons (Fsp3) is 0.900. The van der Waals surface area contributed by atoms with Crippen molar-refractivity contribution in [3.63, 3.8) is 0 Å². The van der Waals surface area contributed by atoms with Crippen LogP contribution in [0.5, 0.6) is 0 Å². The minimum atomic E-state index is 0.193. The summed E-state index contributed by atoms with van der Waals surface area (Å²) in [7, 11) is 0. The third-order valence-electron chi connectivity index (χ3n) is 12.6. The number of Topliss-reactive ketones (excluding diaryl/α,β-unsaturated/α-hetero) is 1. The van der Waals surface area contributed by atoms with Crippen LogP contribution in [0.4, 0.5) is 0 Å². The first-order chi connectivity index (χ1) is 14.9. The van der Waals surface area contributed by atoms with Crippen LogP contribution in [-0.4, -0.2) is 17.5 Å². The van der Waals surface area contributed by atoms with E-state index in [1.54, 1.807) is 0 Å². The van der Waals surface area contributed by atoms with Gasteiger partial charge in [0.05, 0.1) is 6.61 Å². The Kier molecular flexibility index (Phi) is 6.31. The number of hydrogen-bond donors (Lipinski definition) is 1. The van der Waals surface area contributed by atoms with Gasteiger partial charge < -0.3 is 5.11 Å². The molecule has 182 valence electrons. The maximum Gasteiger partial charge on any atom is 0.136 e. The topological polar surface area (TPSA) is 37.3 Å². The summed E-state index contributed by atoms with van der Waals surface area (Å²) in [6, 6.07) is 0. The van der Waals surface area contributed by atoms with E-state index in [4.69, 9.17) is 0 Å². The molecule has 0 saturated heterocycles. The van der Waals surface area contributed by atoms with Crippen LogP contribution in [-0.2, 0) is 4.79 Å². The minimum absolute atomic E-state index is 0.193. The summed E-state index contributed by atoms with van der Waals surface area (Å²) in [6.45, 7) is 17.4. The van der Waals surface area contributed by atoms with Crippen molar-refractivity contribution in [2.45, 2.75) is 113 Å². The van der Waals surface area contributed by atoms with E-state index in [-0.39, 0.29) is 17.9 Å². The highest BCUT2D eigenvalue weighted by molar-refractivity contribution is 5.82. The second-order valence-electron chi connectivity index (χ2n) is 13.6. The first-order valence-electron chi connectivity index (χ1n) is 13.7. The predicted molar refractivity (Wildman–Crippen MR) is 133 cm³/mol. The number of carbonyl (C=O) groups is 1. The van der Waals surface area contributed by atoms with Crippen molar-refractivity contribution in [2.75, 3.05) is 6.61 Å². The van der Waals surface area contributed by atoms with Crippen molar-refractivity contribution < 1.29 is 9.90 Å². The van der Waals surface area contributed by atoms with Crippen molar-refractivity contribution in [1.29, 1.82) is 0 Å². The van der Waals surface area contributed by atoms with Crippen LogP contribution >= 0.6 is 0 Å². The monoisotopic (exact) mass is 442 g/mol. The molecular formula is C30H50O2. The normalized spacial score (nSPS) is 49.9. The molecule has 0 radical (unpaired) electrons. The van der Waals surface area contributed by atoms with E-state index < -0.39 is 0 Å². The number of rotatable bonds is 5. The molecule has 9 atom stereocenters. The molecule has 1 N–H and O–H groups in total. The molecule has 0 aromatic carbocycles. The average Bonchev–Trinajstić information content (AvgIpc) is 3.02. The highest BCUT2D eigenvalue weighted by atomic mass is 16.3. The molecule has 0 aromatic heterocycles. The molecule has 32 heavy (non-hydrogen) atoms. The van der Waals surface area contributed by atoms with Gasteiger partial charge >= 0.3 is 0 Å². The molecule has 0 amide bonds. The first kappa shape index (κ1) is 24.5. The SMILES string of the molecule is C/C(=C/CC[C@@H](C)[C@@H]1CC[C@]2(C)[C@H]3CC[C@]4(C)[C@H](CCC(=O)[C@@H]4C)[C@]3(C)CC[C@@]12C)CO. The summed E-state index contributed by atoms with van der Waals surface area (Å²) in [4.78, 5) is 12.7. The average molecular weight is 443 g/mol. The van der Waals surface area contributed by atoms with Gasteiger partial charge in [-0.05, 0) is 110 Å². The van der Waals surface area contributed by atoms with Crippen molar-refractivity contribution in [1.82, 2.24) is 0 Å². The zero-order valence-electron chi connectivity index (χ0n) is 22.1. The Bertz CT molecular complexity index is 769. The first-order valence-corrected chi connectivity index (χ1v) is 13.7. The molecule has 4 rings (SSSR count). The lowest BCUT2D eigenvalue weighted by Gasteiger charge is -2.69. The van der Waals surface area contributed by atoms with Crippen LogP contribution < -0.4 is 0 Å². The predicted octanol–water partition coefficient (Wildman–Crippen LogP) is 7.60. The Labute approximate surface area is 198 Å². The van der Waals surface area contributed by atoms with E-state index >= 15 is 0 Å². The van der Waals surface area contributed by atoms with Gasteiger partial charge in [0, 0.05) is 12.3 Å². The number of allylic oxidation sites excluding steroid dienone is 1. The summed E-state index contributed by atoms with van der Waals surface area (Å²) in [5.74, 6) is 3.85. The Hall–Kier alpha value is -0.630. The van der Waals surface area contributed by atoms with Crippen molar-refractivity contribution >= 4 is 5.78 Å². The molecule has 0 bridgehead atoms. The third kappa shape index (κ3) is 3.32. The lowest BCUT2D eigenvalue weighted by molar-refractivity contribution is -0.202. The summed E-state index contributed by atoms with van der Waals surface area (Å²) in [5.41, 5.74) is 2.60. The van der Waals surface area contributed by atoms with E-state index in [2.05, 4.69) is 47.6 Å². The van der Waals surface area contributed by atoms with E-state index in [1.807, 2.05) is 6.92 Å². The van der Waals surface area contributed by atoms with Crippen LogP contribution in [0, 0.1) is 51.2 Å². The van der Waals surface area contributed by atoms with Gasteiger partial charge in [-0.25, -0.2) is 0 Å². The van der Waals surface area contributed by atoms with E-state index in [0.29, 0.717) is 27.9 Å². The van der Waals surface area contributed by atoms with Gasteiger partial charge in [0.2, 0.25) is 0 Å². The van der Waals surface area contributed by atoms with Gasteiger partial charge in [-0.15, -0.1) is 0 Å². The van der Waals surface area contributed by atoms with Gasteiger partial charge in [-0.2, -0.15) is 0 Å². The van der Waals surface area contributed by atoms with E-state index in [0.717, 1.165) is 42.6 Å². The minimum Gasteiger partial charge on any atom is -0.392 e. The number of aliphatic hydroxyl groups excluding tert-OH is 1. The van der Waals surface area contributed by atoms with Crippen LogP contribution in [0.2, 0.25) is 0 Å². The molecule has 0 heterocycles. The highest BCUT2D eigenvalue weighted by Gasteiger charge is 2.69. The van der Waals surface area contributed by atoms with Crippen LogP contribution in [0.1, 0.15) is 113 Å². The van der Waals surface area contributed by atoms with Crippen LogP contribution in [0.15, 0.2) is 11.6 Å². The smallest absolute Gasteiger partial charge is 0.136 e. The maximum absolute atomic E-state index is 12.7. The van der Waals surface area contributed by atoms with E-state index in [1.165, 1.54) is 44.9 Å². The summed E-state index contributed by atoms with van der Waals surface area (Å²) >= 11 is 0. The lowest BCUT2D eigenvalue weighted by atomic mass is 9.35. The van der Waals surface area contributed by atoms with Gasteiger partial charge in [-0.1, -0.05) is 53.2 Å². The standard InChI is InChI=1S/C30H50O2/c1-20(19-31)9-8-10-21(2)23-13-16-30(7)26-14-15-27(4)22(3)24(32)11-12-25(27)28(26,5)17-18-29(23,30)6/h9,21-23,25-26,31H,8,10-19H2,1-7H3/b20-9-/t21-,22+,23+,25+,26+,27+,28+,29+,30-/m1/s1. The maximum atomic E-state index is 12.7. The van der Waals surface area contributed by atoms with Crippen molar-refractivity contribution in [3.05, 3.63) is 11.6 Å². The number of carbonyl (C=O) groups excluding carboxylic acids is 1. The second-order valence-corrected chi connectivity index (χ2v) is 13.6. The molecule has 2 heteroatoms. The Morgan fingerprint density at radius 2 is 1.72 bits per heavy atom. The van der Waals surface area contributed by atoms with E-state index in [9.17, 15) is 9.90 Å². The summed E-state index contributed by atoms with van der Waals surface area (Å²) in [6.07, 6.45) is 14.6. The Morgan fingerprint density at radius 3 is 2.41 bits per heavy atom. The molecular weight excluding hydrogens is 392 g/mol. The number of fused-ring (bicyclic) bond motifs is 5. The molecule has 0 aliphatic heterocycles. The van der Waals surface area contributed by atoms with Gasteiger partial charge in [-0.3, -0.25) is 4.79 Å². The quantitative estimate of drug-likeness (QED) is 0.445. The van der Waals surface area contributed by atoms with Gasteiger partial charge in [0.1, 0.15) is 5.78 Å². The summed E-state index contributed by atoms with van der Waals surface area (Å²) in [5, 5.41) is 9.32. The van der Waals surface area contributed by atoms with Crippen molar-refractivity contribution in [3.8, 4) is 0 Å². The Balaban J connectivity index is 1.58. The number of aliphatic hydroxyl groups is 1. The Morgan fingerprint density at radius 1 is 1.00 bits per heavy atom. The second kappa shape index (κ2) is 8.24. The molecule has 0 spiro atoms. The molecule has 2 nitrogen and oxygen atoms in total.